The average Bonchev–Trinajstić information content (AvgIpc) is 2.45. The molecule has 0 spiro atoms. The van der Waals surface area contributed by atoms with Crippen LogP contribution in [0.15, 0.2) is 42.5 Å². The largest absolute Gasteiger partial charge is 0.316 e. The number of rotatable bonds is 5. The minimum atomic E-state index is -0.306. The summed E-state index contributed by atoms with van der Waals surface area (Å²) in [6.45, 7) is 2.10. The van der Waals surface area contributed by atoms with Gasteiger partial charge in [-0.2, -0.15) is 0 Å². The monoisotopic (exact) mass is 291 g/mol. The summed E-state index contributed by atoms with van der Waals surface area (Å²) >= 11 is 5.83. The molecule has 0 fully saturated rings. The van der Waals surface area contributed by atoms with Crippen LogP contribution in [0.4, 0.5) is 4.39 Å². The van der Waals surface area contributed by atoms with Gasteiger partial charge >= 0.3 is 0 Å². The number of likely N-dealkylation sites (N-methyl/N-ethyl adjacent to an activating group) is 1. The van der Waals surface area contributed by atoms with Crippen molar-refractivity contribution >= 4 is 11.6 Å². The minimum absolute atomic E-state index is 0.184. The molecule has 0 aliphatic heterocycles. The third-order valence-electron chi connectivity index (χ3n) is 3.63. The van der Waals surface area contributed by atoms with Gasteiger partial charge in [-0.15, -0.1) is 0 Å². The summed E-state index contributed by atoms with van der Waals surface area (Å²) in [6, 6.07) is 13.6. The van der Waals surface area contributed by atoms with Crippen LogP contribution in [0, 0.1) is 12.7 Å². The fourth-order valence-corrected chi connectivity index (χ4v) is 2.55. The molecule has 20 heavy (non-hydrogen) atoms. The van der Waals surface area contributed by atoms with Gasteiger partial charge in [-0.1, -0.05) is 48.0 Å². The van der Waals surface area contributed by atoms with E-state index < -0.39 is 0 Å². The van der Waals surface area contributed by atoms with Crippen molar-refractivity contribution in [3.8, 4) is 0 Å². The van der Waals surface area contributed by atoms with Crippen molar-refractivity contribution in [3.63, 3.8) is 0 Å². The van der Waals surface area contributed by atoms with Gasteiger partial charge in [-0.05, 0) is 49.6 Å². The molecule has 0 amide bonds. The van der Waals surface area contributed by atoms with Crippen LogP contribution in [0.1, 0.15) is 16.7 Å². The third-order valence-corrected chi connectivity index (χ3v) is 3.93. The van der Waals surface area contributed by atoms with Crippen molar-refractivity contribution in [2.75, 3.05) is 7.05 Å². The summed E-state index contributed by atoms with van der Waals surface area (Å²) in [4.78, 5) is 0. The maximum absolute atomic E-state index is 14.0. The van der Waals surface area contributed by atoms with Crippen LogP contribution in [0.25, 0.3) is 0 Å². The fourth-order valence-electron chi connectivity index (χ4n) is 2.35. The van der Waals surface area contributed by atoms with Crippen molar-refractivity contribution in [2.24, 2.45) is 0 Å². The molecule has 1 unspecified atom stereocenters. The summed E-state index contributed by atoms with van der Waals surface area (Å²) in [7, 11) is 1.91. The van der Waals surface area contributed by atoms with Gasteiger partial charge in [-0.25, -0.2) is 4.39 Å². The van der Waals surface area contributed by atoms with E-state index in [4.69, 9.17) is 11.6 Å². The summed E-state index contributed by atoms with van der Waals surface area (Å²) in [6.07, 6.45) is 1.49. The van der Waals surface area contributed by atoms with Crippen LogP contribution in [0.2, 0.25) is 5.02 Å². The first kappa shape index (κ1) is 15.0. The lowest BCUT2D eigenvalue weighted by atomic mass is 9.96. The van der Waals surface area contributed by atoms with Crippen LogP contribution >= 0.6 is 11.6 Å². The van der Waals surface area contributed by atoms with Crippen LogP contribution in [-0.2, 0) is 12.8 Å². The van der Waals surface area contributed by atoms with Crippen LogP contribution in [-0.4, -0.2) is 13.1 Å². The van der Waals surface area contributed by atoms with Crippen LogP contribution in [0.3, 0.4) is 0 Å². The first-order chi connectivity index (χ1) is 9.61. The highest BCUT2D eigenvalue weighted by Crippen LogP contribution is 2.20. The molecule has 0 heterocycles. The van der Waals surface area contributed by atoms with E-state index in [1.807, 2.05) is 19.2 Å². The molecule has 1 atom stereocenters. The van der Waals surface area contributed by atoms with Gasteiger partial charge in [0.2, 0.25) is 0 Å². The number of hydrogen-bond donors (Lipinski definition) is 1. The van der Waals surface area contributed by atoms with Crippen molar-refractivity contribution < 1.29 is 4.39 Å². The van der Waals surface area contributed by atoms with E-state index in [0.29, 0.717) is 12.0 Å². The van der Waals surface area contributed by atoms with E-state index in [1.54, 1.807) is 18.2 Å². The van der Waals surface area contributed by atoms with Crippen molar-refractivity contribution in [1.82, 2.24) is 5.32 Å². The van der Waals surface area contributed by atoms with Crippen molar-refractivity contribution in [2.45, 2.75) is 25.8 Å². The molecule has 2 aromatic rings. The van der Waals surface area contributed by atoms with E-state index in [2.05, 4.69) is 24.4 Å². The zero-order valence-electron chi connectivity index (χ0n) is 11.8. The quantitative estimate of drug-likeness (QED) is 0.872. The van der Waals surface area contributed by atoms with Crippen molar-refractivity contribution in [3.05, 3.63) is 70.0 Å². The molecular formula is C17H19ClFN. The molecular weight excluding hydrogens is 273 g/mol. The Morgan fingerprint density at radius 1 is 1.05 bits per heavy atom. The highest BCUT2D eigenvalue weighted by Gasteiger charge is 2.13. The van der Waals surface area contributed by atoms with Gasteiger partial charge < -0.3 is 5.32 Å². The van der Waals surface area contributed by atoms with E-state index in [-0.39, 0.29) is 16.9 Å². The molecule has 1 nitrogen and oxygen atoms in total. The number of nitrogens with one attached hydrogen (secondary N) is 1. The van der Waals surface area contributed by atoms with Crippen LogP contribution in [0.5, 0.6) is 0 Å². The Bertz CT molecular complexity index is 583. The average molecular weight is 292 g/mol. The number of benzene rings is 2. The standard InChI is InChI=1S/C17H19ClFN/c1-12-6-3-4-7-13(12)10-15(20-2)11-14-8-5-9-16(18)17(14)19/h3-9,15,20H,10-11H2,1-2H3. The van der Waals surface area contributed by atoms with Gasteiger partial charge in [-0.3, -0.25) is 0 Å². The molecule has 2 aromatic carbocycles. The molecule has 0 aliphatic rings. The Morgan fingerprint density at radius 2 is 1.70 bits per heavy atom. The van der Waals surface area contributed by atoms with Crippen molar-refractivity contribution in [1.29, 1.82) is 0 Å². The van der Waals surface area contributed by atoms with E-state index in [0.717, 1.165) is 6.42 Å². The third kappa shape index (κ3) is 3.59. The topological polar surface area (TPSA) is 12.0 Å². The zero-order valence-corrected chi connectivity index (χ0v) is 12.5. The second kappa shape index (κ2) is 6.87. The maximum atomic E-state index is 14.0. The Morgan fingerprint density at radius 3 is 2.40 bits per heavy atom. The van der Waals surface area contributed by atoms with Gasteiger partial charge in [0.1, 0.15) is 5.82 Å². The van der Waals surface area contributed by atoms with Crippen LogP contribution < -0.4 is 5.32 Å². The van der Waals surface area contributed by atoms with Gasteiger partial charge in [0.15, 0.2) is 0 Å². The predicted octanol–water partition coefficient (Wildman–Crippen LogP) is 4.16. The number of halogens is 2. The second-order valence-electron chi connectivity index (χ2n) is 5.03. The van der Waals surface area contributed by atoms with E-state index in [9.17, 15) is 4.39 Å². The molecule has 0 radical (unpaired) electrons. The van der Waals surface area contributed by atoms with E-state index >= 15 is 0 Å². The Balaban J connectivity index is 2.14. The second-order valence-corrected chi connectivity index (χ2v) is 5.44. The van der Waals surface area contributed by atoms with E-state index in [1.165, 1.54) is 11.1 Å². The molecule has 0 bridgehead atoms. The van der Waals surface area contributed by atoms with Gasteiger partial charge in [0.25, 0.3) is 0 Å². The van der Waals surface area contributed by atoms with Gasteiger partial charge in [0.05, 0.1) is 5.02 Å². The molecule has 3 heteroatoms. The highest BCUT2D eigenvalue weighted by molar-refractivity contribution is 6.30. The number of aryl methyl sites for hydroxylation is 1. The Kier molecular flexibility index (Phi) is 5.16. The number of hydrogen-bond acceptors (Lipinski definition) is 1. The first-order valence-corrected chi connectivity index (χ1v) is 7.14. The molecule has 0 aromatic heterocycles. The molecule has 0 aliphatic carbocycles. The molecule has 106 valence electrons. The minimum Gasteiger partial charge on any atom is -0.316 e. The zero-order chi connectivity index (χ0) is 14.5. The summed E-state index contributed by atoms with van der Waals surface area (Å²) in [5.74, 6) is -0.306. The predicted molar refractivity (Wildman–Crippen MR) is 82.8 cm³/mol. The lowest BCUT2D eigenvalue weighted by molar-refractivity contribution is 0.531. The molecule has 0 saturated carbocycles. The lowest BCUT2D eigenvalue weighted by Crippen LogP contribution is -2.30. The lowest BCUT2D eigenvalue weighted by Gasteiger charge is -2.18. The normalized spacial score (nSPS) is 12.4. The highest BCUT2D eigenvalue weighted by atomic mass is 35.5. The fraction of sp³-hybridized carbons (Fsp3) is 0.294. The maximum Gasteiger partial charge on any atom is 0.145 e. The Labute approximate surface area is 124 Å². The first-order valence-electron chi connectivity index (χ1n) is 6.76. The summed E-state index contributed by atoms with van der Waals surface area (Å²) < 4.78 is 14.0. The molecule has 1 N–H and O–H groups in total. The summed E-state index contributed by atoms with van der Waals surface area (Å²) in [5.41, 5.74) is 3.21. The smallest absolute Gasteiger partial charge is 0.145 e. The molecule has 0 saturated heterocycles. The summed E-state index contributed by atoms with van der Waals surface area (Å²) in [5, 5.41) is 3.45. The molecule has 2 rings (SSSR count). The Hall–Kier alpha value is -1.38. The van der Waals surface area contributed by atoms with Gasteiger partial charge in [0, 0.05) is 6.04 Å². The SMILES string of the molecule is CNC(Cc1ccccc1C)Cc1cccc(Cl)c1F.